The molecule has 0 amide bonds. The highest BCUT2D eigenvalue weighted by Gasteiger charge is 2.10. The molecule has 0 unspecified atom stereocenters. The molecule has 114 valence electrons. The molecule has 1 aromatic heterocycles. The third kappa shape index (κ3) is 3.04. The van der Waals surface area contributed by atoms with Crippen molar-refractivity contribution < 1.29 is 0 Å². The van der Waals surface area contributed by atoms with Gasteiger partial charge in [0.25, 0.3) is 5.56 Å². The first-order chi connectivity index (χ1) is 10.6. The van der Waals surface area contributed by atoms with Gasteiger partial charge in [0.2, 0.25) is 0 Å². The second-order valence-electron chi connectivity index (χ2n) is 5.43. The Morgan fingerprint density at radius 2 is 2.09 bits per heavy atom. The maximum absolute atomic E-state index is 11.4. The van der Waals surface area contributed by atoms with Gasteiger partial charge >= 0.3 is 0 Å². The van der Waals surface area contributed by atoms with Crippen molar-refractivity contribution in [2.45, 2.75) is 32.6 Å². The van der Waals surface area contributed by atoms with Crippen LogP contribution in [0.4, 0.5) is 5.69 Å². The SMILES string of the molecule is C/C(=N\Nc1cn[nH]c(=O)c1Cl)c1ccc2c(c1)CCCC2. The normalized spacial score (nSPS) is 14.5. The Morgan fingerprint density at radius 3 is 2.91 bits per heavy atom. The number of hydrogen-bond donors (Lipinski definition) is 2. The second-order valence-corrected chi connectivity index (χ2v) is 5.80. The number of hydrazone groups is 1. The first-order valence-electron chi connectivity index (χ1n) is 7.31. The number of aromatic nitrogens is 2. The van der Waals surface area contributed by atoms with Gasteiger partial charge in [0.05, 0.1) is 11.9 Å². The lowest BCUT2D eigenvalue weighted by Gasteiger charge is -2.16. The molecule has 2 aromatic rings. The van der Waals surface area contributed by atoms with Gasteiger partial charge < -0.3 is 0 Å². The van der Waals surface area contributed by atoms with Gasteiger partial charge in [-0.15, -0.1) is 0 Å². The number of nitrogens with zero attached hydrogens (tertiary/aromatic N) is 2. The minimum Gasteiger partial charge on any atom is -0.275 e. The molecule has 22 heavy (non-hydrogen) atoms. The number of H-pyrrole nitrogens is 1. The van der Waals surface area contributed by atoms with Gasteiger partial charge in [0.15, 0.2) is 0 Å². The average molecular weight is 317 g/mol. The van der Waals surface area contributed by atoms with Gasteiger partial charge in [-0.05, 0) is 55.4 Å². The highest BCUT2D eigenvalue weighted by Crippen LogP contribution is 2.22. The van der Waals surface area contributed by atoms with Crippen molar-refractivity contribution in [2.24, 2.45) is 5.10 Å². The van der Waals surface area contributed by atoms with Crippen LogP contribution in [0.15, 0.2) is 34.3 Å². The summed E-state index contributed by atoms with van der Waals surface area (Å²) >= 11 is 5.90. The molecule has 0 fully saturated rings. The molecule has 0 spiro atoms. The van der Waals surface area contributed by atoms with E-state index < -0.39 is 5.56 Å². The Labute approximate surface area is 133 Å². The summed E-state index contributed by atoms with van der Waals surface area (Å²) in [5.74, 6) is 0. The van der Waals surface area contributed by atoms with Crippen molar-refractivity contribution in [2.75, 3.05) is 5.43 Å². The first kappa shape index (κ1) is 14.8. The number of anilines is 1. The summed E-state index contributed by atoms with van der Waals surface area (Å²) < 4.78 is 0. The molecule has 1 aliphatic rings. The summed E-state index contributed by atoms with van der Waals surface area (Å²) in [4.78, 5) is 11.4. The molecule has 0 saturated heterocycles. The van der Waals surface area contributed by atoms with Gasteiger partial charge in [-0.1, -0.05) is 23.7 Å². The fourth-order valence-corrected chi connectivity index (χ4v) is 2.76. The van der Waals surface area contributed by atoms with Gasteiger partial charge in [-0.2, -0.15) is 10.2 Å². The summed E-state index contributed by atoms with van der Waals surface area (Å²) in [6.45, 7) is 1.92. The van der Waals surface area contributed by atoms with Gasteiger partial charge in [0.1, 0.15) is 10.7 Å². The number of rotatable bonds is 3. The number of benzene rings is 1. The van der Waals surface area contributed by atoms with Crippen LogP contribution in [0.3, 0.4) is 0 Å². The Bertz CT molecular complexity index is 782. The van der Waals surface area contributed by atoms with Crippen molar-refractivity contribution in [1.82, 2.24) is 10.2 Å². The smallest absolute Gasteiger partial charge is 0.275 e. The van der Waals surface area contributed by atoms with E-state index in [9.17, 15) is 4.79 Å². The van der Waals surface area contributed by atoms with Crippen LogP contribution in [0.1, 0.15) is 36.5 Å². The first-order valence-corrected chi connectivity index (χ1v) is 7.68. The largest absolute Gasteiger partial charge is 0.285 e. The summed E-state index contributed by atoms with van der Waals surface area (Å²) in [7, 11) is 0. The summed E-state index contributed by atoms with van der Waals surface area (Å²) in [5.41, 5.74) is 7.52. The number of hydrogen-bond acceptors (Lipinski definition) is 4. The maximum atomic E-state index is 11.4. The van der Waals surface area contributed by atoms with E-state index in [2.05, 4.69) is 38.9 Å². The Kier molecular flexibility index (Phi) is 4.24. The Balaban J connectivity index is 1.82. The summed E-state index contributed by atoms with van der Waals surface area (Å²) in [6.07, 6.45) is 6.26. The van der Waals surface area contributed by atoms with Crippen molar-refractivity contribution in [3.05, 3.63) is 56.5 Å². The molecule has 6 heteroatoms. The highest BCUT2D eigenvalue weighted by atomic mass is 35.5. The van der Waals surface area contributed by atoms with Crippen molar-refractivity contribution in [1.29, 1.82) is 0 Å². The van der Waals surface area contributed by atoms with Crippen molar-refractivity contribution in [3.63, 3.8) is 0 Å². The molecule has 0 bridgehead atoms. The zero-order valence-electron chi connectivity index (χ0n) is 12.3. The van der Waals surface area contributed by atoms with Crippen LogP contribution in [0.25, 0.3) is 0 Å². The zero-order chi connectivity index (χ0) is 15.5. The molecule has 1 heterocycles. The van der Waals surface area contributed by atoms with Crippen molar-refractivity contribution in [3.8, 4) is 0 Å². The monoisotopic (exact) mass is 316 g/mol. The van der Waals surface area contributed by atoms with E-state index in [-0.39, 0.29) is 5.02 Å². The molecule has 0 saturated carbocycles. The zero-order valence-corrected chi connectivity index (χ0v) is 13.1. The Hall–Kier alpha value is -2.14. The van der Waals surface area contributed by atoms with Crippen LogP contribution in [0.2, 0.25) is 5.02 Å². The number of aromatic amines is 1. The molecule has 3 rings (SSSR count). The van der Waals surface area contributed by atoms with E-state index in [0.29, 0.717) is 5.69 Å². The lowest BCUT2D eigenvalue weighted by molar-refractivity contribution is 0.685. The molecule has 0 radical (unpaired) electrons. The highest BCUT2D eigenvalue weighted by molar-refractivity contribution is 6.32. The number of nitrogens with one attached hydrogen (secondary N) is 2. The molecular formula is C16H17ClN4O. The molecule has 5 nitrogen and oxygen atoms in total. The fourth-order valence-electron chi connectivity index (χ4n) is 2.63. The lowest BCUT2D eigenvalue weighted by Crippen LogP contribution is -2.11. The predicted octanol–water partition coefficient (Wildman–Crippen LogP) is 3.14. The number of fused-ring (bicyclic) bond motifs is 1. The third-order valence-corrected chi connectivity index (χ3v) is 4.28. The topological polar surface area (TPSA) is 70.1 Å². The quantitative estimate of drug-likeness (QED) is 0.675. The van der Waals surface area contributed by atoms with E-state index in [0.717, 1.165) is 24.1 Å². The van der Waals surface area contributed by atoms with Gasteiger partial charge in [-0.3, -0.25) is 10.2 Å². The Morgan fingerprint density at radius 1 is 1.32 bits per heavy atom. The van der Waals surface area contributed by atoms with Crippen LogP contribution >= 0.6 is 11.6 Å². The fraction of sp³-hybridized carbons (Fsp3) is 0.312. The summed E-state index contributed by atoms with van der Waals surface area (Å²) in [6, 6.07) is 6.47. The minimum atomic E-state index is -0.437. The van der Waals surface area contributed by atoms with E-state index in [1.807, 2.05) is 6.92 Å². The predicted molar refractivity (Wildman–Crippen MR) is 88.8 cm³/mol. The molecule has 0 aliphatic heterocycles. The number of aryl methyl sites for hydroxylation is 2. The van der Waals surface area contributed by atoms with E-state index in [1.54, 1.807) is 0 Å². The molecule has 0 atom stereocenters. The van der Waals surface area contributed by atoms with E-state index >= 15 is 0 Å². The van der Waals surface area contributed by atoms with Gasteiger partial charge in [-0.25, -0.2) is 5.10 Å². The standard InChI is InChI=1S/C16H17ClN4O/c1-10(19-20-14-9-18-21-16(22)15(14)17)12-7-6-11-4-2-3-5-13(11)8-12/h6-9H,2-5H2,1H3,(H2,20,21,22)/b19-10+. The van der Waals surface area contributed by atoms with Crippen LogP contribution < -0.4 is 11.0 Å². The average Bonchev–Trinajstić information content (AvgIpc) is 2.55. The van der Waals surface area contributed by atoms with Crippen LogP contribution in [0, 0.1) is 0 Å². The second kappa shape index (κ2) is 6.32. The van der Waals surface area contributed by atoms with Crippen LogP contribution in [-0.4, -0.2) is 15.9 Å². The molecular weight excluding hydrogens is 300 g/mol. The van der Waals surface area contributed by atoms with E-state index in [4.69, 9.17) is 11.6 Å². The van der Waals surface area contributed by atoms with Gasteiger partial charge in [0, 0.05) is 0 Å². The summed E-state index contributed by atoms with van der Waals surface area (Å²) in [5, 5.41) is 10.3. The van der Waals surface area contributed by atoms with E-state index in [1.165, 1.54) is 30.2 Å². The maximum Gasteiger partial charge on any atom is 0.285 e. The number of halogens is 1. The van der Waals surface area contributed by atoms with Crippen molar-refractivity contribution >= 4 is 23.0 Å². The molecule has 1 aliphatic carbocycles. The molecule has 2 N–H and O–H groups in total. The third-order valence-electron chi connectivity index (χ3n) is 3.91. The molecule has 1 aromatic carbocycles. The minimum absolute atomic E-state index is 0.0528. The van der Waals surface area contributed by atoms with Crippen LogP contribution in [0.5, 0.6) is 0 Å². The van der Waals surface area contributed by atoms with Crippen LogP contribution in [-0.2, 0) is 12.8 Å². The lowest BCUT2D eigenvalue weighted by atomic mass is 9.90.